The fourth-order valence-electron chi connectivity index (χ4n) is 3.52. The highest BCUT2D eigenvalue weighted by Gasteiger charge is 2.24. The van der Waals surface area contributed by atoms with Crippen LogP contribution in [-0.2, 0) is 22.9 Å². The molecule has 2 aliphatic heterocycles. The molecular weight excluding hydrogens is 284 g/mol. The Hall–Kier alpha value is -1.07. The van der Waals surface area contributed by atoms with E-state index in [1.165, 1.54) is 30.2 Å². The van der Waals surface area contributed by atoms with Crippen molar-refractivity contribution < 1.29 is 8.42 Å². The van der Waals surface area contributed by atoms with Crippen LogP contribution in [0.15, 0.2) is 18.2 Å². The summed E-state index contributed by atoms with van der Waals surface area (Å²) in [4.78, 5) is 0. The van der Waals surface area contributed by atoms with Gasteiger partial charge >= 0.3 is 0 Å². The molecular formula is C16H24N2O2S. The van der Waals surface area contributed by atoms with E-state index in [0.717, 1.165) is 38.0 Å². The van der Waals surface area contributed by atoms with Gasteiger partial charge in [0, 0.05) is 6.54 Å². The minimum atomic E-state index is -3.16. The Morgan fingerprint density at radius 1 is 1.33 bits per heavy atom. The molecule has 2 heterocycles. The van der Waals surface area contributed by atoms with E-state index in [0.29, 0.717) is 12.5 Å². The molecule has 0 bridgehead atoms. The van der Waals surface area contributed by atoms with Crippen molar-refractivity contribution in [3.63, 3.8) is 0 Å². The van der Waals surface area contributed by atoms with Crippen LogP contribution in [0.3, 0.4) is 0 Å². The Morgan fingerprint density at radius 2 is 2.19 bits per heavy atom. The van der Waals surface area contributed by atoms with E-state index < -0.39 is 10.0 Å². The molecule has 1 aromatic rings. The van der Waals surface area contributed by atoms with Crippen LogP contribution in [0.2, 0.25) is 0 Å². The molecule has 3 rings (SSSR count). The highest BCUT2D eigenvalue weighted by molar-refractivity contribution is 7.92. The molecule has 2 aliphatic rings. The number of hydrogen-bond donors (Lipinski definition) is 1. The van der Waals surface area contributed by atoms with Gasteiger partial charge in [-0.1, -0.05) is 12.1 Å². The maximum Gasteiger partial charge on any atom is 0.232 e. The SMILES string of the molecule is CS(=O)(=O)N1CCCc2cc(CC3CCCNC3)ccc21. The first kappa shape index (κ1) is 14.9. The van der Waals surface area contributed by atoms with Gasteiger partial charge in [-0.25, -0.2) is 8.42 Å². The molecule has 0 amide bonds. The summed E-state index contributed by atoms with van der Waals surface area (Å²) in [5.41, 5.74) is 3.42. The van der Waals surface area contributed by atoms with E-state index in [-0.39, 0.29) is 0 Å². The number of nitrogens with zero attached hydrogens (tertiary/aromatic N) is 1. The third-order valence-electron chi connectivity index (χ3n) is 4.54. The molecule has 1 saturated heterocycles. The molecule has 0 aromatic heterocycles. The van der Waals surface area contributed by atoms with Gasteiger partial charge in [-0.15, -0.1) is 0 Å². The third kappa shape index (κ3) is 3.40. The standard InChI is InChI=1S/C16H24N2O2S/c1-21(19,20)18-9-3-5-15-11-13(6-7-16(15)18)10-14-4-2-8-17-12-14/h6-7,11,14,17H,2-5,8-10,12H2,1H3. The molecule has 0 spiro atoms. The summed E-state index contributed by atoms with van der Waals surface area (Å²) >= 11 is 0. The Balaban J connectivity index is 1.81. The van der Waals surface area contributed by atoms with Gasteiger partial charge in [0.1, 0.15) is 0 Å². The van der Waals surface area contributed by atoms with Gasteiger partial charge in [-0.05, 0) is 68.3 Å². The predicted octanol–water partition coefficient (Wildman–Crippen LogP) is 1.94. The number of fused-ring (bicyclic) bond motifs is 1. The maximum atomic E-state index is 11.9. The van der Waals surface area contributed by atoms with Gasteiger partial charge in [-0.3, -0.25) is 4.31 Å². The maximum absolute atomic E-state index is 11.9. The van der Waals surface area contributed by atoms with E-state index in [4.69, 9.17) is 0 Å². The lowest BCUT2D eigenvalue weighted by Gasteiger charge is -2.30. The molecule has 0 saturated carbocycles. The van der Waals surface area contributed by atoms with Gasteiger partial charge in [0.15, 0.2) is 0 Å². The summed E-state index contributed by atoms with van der Waals surface area (Å²) < 4.78 is 25.3. The summed E-state index contributed by atoms with van der Waals surface area (Å²) in [6, 6.07) is 6.33. The number of rotatable bonds is 3. The van der Waals surface area contributed by atoms with Gasteiger partial charge in [0.2, 0.25) is 10.0 Å². The molecule has 0 aliphatic carbocycles. The largest absolute Gasteiger partial charge is 0.316 e. The molecule has 5 heteroatoms. The lowest BCUT2D eigenvalue weighted by atomic mass is 9.90. The summed E-state index contributed by atoms with van der Waals surface area (Å²) in [5, 5.41) is 3.46. The molecule has 1 unspecified atom stereocenters. The van der Waals surface area contributed by atoms with Crippen molar-refractivity contribution in [3.8, 4) is 0 Å². The zero-order chi connectivity index (χ0) is 14.9. The predicted molar refractivity (Wildman–Crippen MR) is 86.3 cm³/mol. The third-order valence-corrected chi connectivity index (χ3v) is 5.72. The van der Waals surface area contributed by atoms with Gasteiger partial charge in [0.05, 0.1) is 11.9 Å². The highest BCUT2D eigenvalue weighted by atomic mass is 32.2. The van der Waals surface area contributed by atoms with Crippen molar-refractivity contribution in [2.45, 2.75) is 32.1 Å². The van der Waals surface area contributed by atoms with Crippen molar-refractivity contribution in [1.29, 1.82) is 0 Å². The average molecular weight is 308 g/mol. The fraction of sp³-hybridized carbons (Fsp3) is 0.625. The summed E-state index contributed by atoms with van der Waals surface area (Å²) in [7, 11) is -3.16. The van der Waals surface area contributed by atoms with Crippen molar-refractivity contribution >= 4 is 15.7 Å². The topological polar surface area (TPSA) is 49.4 Å². The molecule has 1 atom stereocenters. The monoisotopic (exact) mass is 308 g/mol. The number of anilines is 1. The first-order valence-corrected chi connectivity index (χ1v) is 9.69. The number of benzene rings is 1. The van der Waals surface area contributed by atoms with Crippen LogP contribution in [-0.4, -0.2) is 34.3 Å². The Bertz CT molecular complexity index is 607. The van der Waals surface area contributed by atoms with Crippen LogP contribution < -0.4 is 9.62 Å². The summed E-state index contributed by atoms with van der Waals surface area (Å²) in [6.07, 6.45) is 6.84. The lowest BCUT2D eigenvalue weighted by molar-refractivity contribution is 0.376. The van der Waals surface area contributed by atoms with E-state index in [9.17, 15) is 8.42 Å². The van der Waals surface area contributed by atoms with E-state index in [1.807, 2.05) is 6.07 Å². The lowest BCUT2D eigenvalue weighted by Crippen LogP contribution is -2.34. The van der Waals surface area contributed by atoms with Crippen molar-refractivity contribution in [2.75, 3.05) is 30.2 Å². The fourth-order valence-corrected chi connectivity index (χ4v) is 4.52. The van der Waals surface area contributed by atoms with Crippen LogP contribution >= 0.6 is 0 Å². The molecule has 116 valence electrons. The zero-order valence-electron chi connectivity index (χ0n) is 12.6. The van der Waals surface area contributed by atoms with E-state index >= 15 is 0 Å². The van der Waals surface area contributed by atoms with E-state index in [1.54, 1.807) is 4.31 Å². The zero-order valence-corrected chi connectivity index (χ0v) is 13.5. The molecule has 1 aromatic carbocycles. The molecule has 0 radical (unpaired) electrons. The van der Waals surface area contributed by atoms with E-state index in [2.05, 4.69) is 17.4 Å². The smallest absolute Gasteiger partial charge is 0.232 e. The second kappa shape index (κ2) is 5.97. The van der Waals surface area contributed by atoms with Gasteiger partial charge in [0.25, 0.3) is 0 Å². The van der Waals surface area contributed by atoms with Crippen LogP contribution in [0.4, 0.5) is 5.69 Å². The molecule has 4 nitrogen and oxygen atoms in total. The first-order chi connectivity index (χ1) is 10.0. The summed E-state index contributed by atoms with van der Waals surface area (Å²) in [6.45, 7) is 2.86. The summed E-state index contributed by atoms with van der Waals surface area (Å²) in [5.74, 6) is 0.714. The van der Waals surface area contributed by atoms with Crippen LogP contribution in [0.5, 0.6) is 0 Å². The Labute approximate surface area is 127 Å². The average Bonchev–Trinajstić information content (AvgIpc) is 2.46. The number of sulfonamides is 1. The normalized spacial score (nSPS) is 22.9. The first-order valence-electron chi connectivity index (χ1n) is 7.84. The second-order valence-corrected chi connectivity index (χ2v) is 8.23. The number of aryl methyl sites for hydroxylation is 1. The molecule has 21 heavy (non-hydrogen) atoms. The highest BCUT2D eigenvalue weighted by Crippen LogP contribution is 2.30. The number of nitrogens with one attached hydrogen (secondary N) is 1. The van der Waals surface area contributed by atoms with Crippen LogP contribution in [0.1, 0.15) is 30.4 Å². The van der Waals surface area contributed by atoms with Crippen molar-refractivity contribution in [1.82, 2.24) is 5.32 Å². The number of piperidine rings is 1. The number of hydrogen-bond acceptors (Lipinski definition) is 3. The quantitative estimate of drug-likeness (QED) is 0.928. The Morgan fingerprint density at radius 3 is 2.90 bits per heavy atom. The minimum Gasteiger partial charge on any atom is -0.316 e. The Kier molecular flexibility index (Phi) is 4.22. The van der Waals surface area contributed by atoms with Crippen LogP contribution in [0.25, 0.3) is 0 Å². The van der Waals surface area contributed by atoms with Gasteiger partial charge < -0.3 is 5.32 Å². The molecule has 1 N–H and O–H groups in total. The van der Waals surface area contributed by atoms with Crippen molar-refractivity contribution in [3.05, 3.63) is 29.3 Å². The van der Waals surface area contributed by atoms with Gasteiger partial charge in [-0.2, -0.15) is 0 Å². The molecule has 1 fully saturated rings. The second-order valence-electron chi connectivity index (χ2n) is 6.32. The van der Waals surface area contributed by atoms with Crippen molar-refractivity contribution in [2.24, 2.45) is 5.92 Å². The minimum absolute atomic E-state index is 0.609. The van der Waals surface area contributed by atoms with Crippen LogP contribution in [0, 0.1) is 5.92 Å².